The number of rotatable bonds is 3. The number of sulfonamides is 1. The van der Waals surface area contributed by atoms with Gasteiger partial charge in [0.1, 0.15) is 17.3 Å². The van der Waals surface area contributed by atoms with Gasteiger partial charge in [0, 0.05) is 6.07 Å². The van der Waals surface area contributed by atoms with Crippen molar-refractivity contribution in [2.75, 3.05) is 10.5 Å². The molecule has 21 heavy (non-hydrogen) atoms. The maximum absolute atomic E-state index is 13.6. The first kappa shape index (κ1) is 15.5. The Morgan fingerprint density at radius 3 is 2.29 bits per heavy atom. The van der Waals surface area contributed by atoms with Gasteiger partial charge < -0.3 is 5.73 Å². The summed E-state index contributed by atoms with van der Waals surface area (Å²) < 4.78 is 65.6. The molecule has 2 rings (SSSR count). The topological polar surface area (TPSA) is 72.2 Å². The van der Waals surface area contributed by atoms with E-state index in [2.05, 4.69) is 0 Å². The van der Waals surface area contributed by atoms with Gasteiger partial charge in [0.05, 0.1) is 15.6 Å². The van der Waals surface area contributed by atoms with E-state index < -0.39 is 43.1 Å². The summed E-state index contributed by atoms with van der Waals surface area (Å²) in [6.07, 6.45) is 0. The van der Waals surface area contributed by atoms with Crippen LogP contribution in [0.3, 0.4) is 0 Å². The first-order valence-corrected chi connectivity index (χ1v) is 7.29. The predicted octanol–water partition coefficient (Wildman–Crippen LogP) is 3.14. The fourth-order valence-corrected chi connectivity index (χ4v) is 2.91. The van der Waals surface area contributed by atoms with Gasteiger partial charge in [-0.1, -0.05) is 11.6 Å². The van der Waals surface area contributed by atoms with E-state index in [9.17, 15) is 21.6 Å². The summed E-state index contributed by atoms with van der Waals surface area (Å²) in [6.45, 7) is 0. The standard InChI is InChI=1S/C12H8ClF3N2O2S/c13-8-3-6(14)4-10(16)12(8)18-21(19,20)7-1-2-11(17)9(15)5-7/h1-5,18H,17H2. The Balaban J connectivity index is 2.44. The minimum Gasteiger partial charge on any atom is -0.396 e. The molecule has 0 unspecified atom stereocenters. The molecule has 0 spiro atoms. The summed E-state index contributed by atoms with van der Waals surface area (Å²) in [6, 6.07) is 3.97. The summed E-state index contributed by atoms with van der Waals surface area (Å²) in [4.78, 5) is -0.478. The lowest BCUT2D eigenvalue weighted by atomic mass is 10.3. The first-order valence-electron chi connectivity index (χ1n) is 5.43. The highest BCUT2D eigenvalue weighted by atomic mass is 35.5. The number of nitrogens with two attached hydrogens (primary N) is 1. The second kappa shape index (κ2) is 5.45. The second-order valence-electron chi connectivity index (χ2n) is 4.03. The van der Waals surface area contributed by atoms with E-state index in [4.69, 9.17) is 17.3 Å². The third-order valence-electron chi connectivity index (χ3n) is 2.53. The lowest BCUT2D eigenvalue weighted by Crippen LogP contribution is -2.15. The van der Waals surface area contributed by atoms with Crippen molar-refractivity contribution in [1.29, 1.82) is 0 Å². The SMILES string of the molecule is Nc1ccc(S(=O)(=O)Nc2c(F)cc(F)cc2Cl)cc1F. The van der Waals surface area contributed by atoms with Crippen molar-refractivity contribution in [2.45, 2.75) is 4.90 Å². The van der Waals surface area contributed by atoms with Crippen LogP contribution < -0.4 is 10.5 Å². The van der Waals surface area contributed by atoms with Gasteiger partial charge in [-0.2, -0.15) is 0 Å². The van der Waals surface area contributed by atoms with Gasteiger partial charge in [-0.3, -0.25) is 4.72 Å². The molecule has 0 saturated carbocycles. The highest BCUT2D eigenvalue weighted by molar-refractivity contribution is 7.92. The quantitative estimate of drug-likeness (QED) is 0.846. The molecule has 4 nitrogen and oxygen atoms in total. The number of benzene rings is 2. The molecule has 0 aliphatic carbocycles. The van der Waals surface area contributed by atoms with E-state index in [0.717, 1.165) is 18.2 Å². The highest BCUT2D eigenvalue weighted by Crippen LogP contribution is 2.29. The highest BCUT2D eigenvalue weighted by Gasteiger charge is 2.20. The van der Waals surface area contributed by atoms with Crippen molar-refractivity contribution in [3.8, 4) is 0 Å². The molecule has 0 fully saturated rings. The third-order valence-corrected chi connectivity index (χ3v) is 4.17. The number of hydrogen-bond donors (Lipinski definition) is 2. The summed E-state index contributed by atoms with van der Waals surface area (Å²) in [5, 5.41) is -0.466. The minimum absolute atomic E-state index is 0.236. The summed E-state index contributed by atoms with van der Waals surface area (Å²) in [5.41, 5.74) is 4.37. The first-order chi connectivity index (χ1) is 9.70. The lowest BCUT2D eigenvalue weighted by molar-refractivity contribution is 0.582. The predicted molar refractivity (Wildman–Crippen MR) is 73.0 cm³/mol. The summed E-state index contributed by atoms with van der Waals surface area (Å²) in [5.74, 6) is -3.10. The van der Waals surface area contributed by atoms with Crippen LogP contribution in [0.15, 0.2) is 35.2 Å². The monoisotopic (exact) mass is 336 g/mol. The van der Waals surface area contributed by atoms with Crippen molar-refractivity contribution in [3.05, 3.63) is 52.8 Å². The van der Waals surface area contributed by atoms with E-state index >= 15 is 0 Å². The number of anilines is 2. The normalized spacial score (nSPS) is 11.4. The van der Waals surface area contributed by atoms with Gasteiger partial charge in [0.25, 0.3) is 10.0 Å². The lowest BCUT2D eigenvalue weighted by Gasteiger charge is -2.11. The van der Waals surface area contributed by atoms with Crippen molar-refractivity contribution < 1.29 is 21.6 Å². The van der Waals surface area contributed by atoms with Gasteiger partial charge in [-0.15, -0.1) is 0 Å². The molecule has 0 aliphatic heterocycles. The molecule has 0 amide bonds. The zero-order chi connectivity index (χ0) is 15.8. The Kier molecular flexibility index (Phi) is 4.02. The summed E-state index contributed by atoms with van der Waals surface area (Å²) in [7, 11) is -4.30. The zero-order valence-electron chi connectivity index (χ0n) is 10.2. The maximum Gasteiger partial charge on any atom is 0.262 e. The largest absolute Gasteiger partial charge is 0.396 e. The van der Waals surface area contributed by atoms with Crippen molar-refractivity contribution in [1.82, 2.24) is 0 Å². The van der Waals surface area contributed by atoms with Crippen LogP contribution in [-0.2, 0) is 10.0 Å². The molecular formula is C12H8ClF3N2O2S. The van der Waals surface area contributed by atoms with E-state index in [1.54, 1.807) is 0 Å². The Morgan fingerprint density at radius 2 is 1.71 bits per heavy atom. The van der Waals surface area contributed by atoms with Crippen molar-refractivity contribution in [2.24, 2.45) is 0 Å². The molecule has 9 heteroatoms. The molecule has 0 aliphatic rings. The van der Waals surface area contributed by atoms with Gasteiger partial charge in [-0.25, -0.2) is 21.6 Å². The van der Waals surface area contributed by atoms with Crippen LogP contribution in [0.25, 0.3) is 0 Å². The Hall–Kier alpha value is -1.93. The molecule has 2 aromatic rings. The molecule has 2 aromatic carbocycles. The molecule has 0 atom stereocenters. The van der Waals surface area contributed by atoms with Gasteiger partial charge >= 0.3 is 0 Å². The number of halogens is 4. The van der Waals surface area contributed by atoms with Gasteiger partial charge in [-0.05, 0) is 24.3 Å². The average molecular weight is 337 g/mol. The van der Waals surface area contributed by atoms with Crippen LogP contribution in [0, 0.1) is 17.5 Å². The second-order valence-corrected chi connectivity index (χ2v) is 6.12. The molecule has 3 N–H and O–H groups in total. The molecule has 0 aromatic heterocycles. The summed E-state index contributed by atoms with van der Waals surface area (Å²) >= 11 is 5.58. The molecule has 0 bridgehead atoms. The third kappa shape index (κ3) is 3.22. The van der Waals surface area contributed by atoms with Gasteiger partial charge in [0.2, 0.25) is 0 Å². The van der Waals surface area contributed by atoms with Crippen LogP contribution in [0.4, 0.5) is 24.5 Å². The Morgan fingerprint density at radius 1 is 1.05 bits per heavy atom. The molecule has 0 heterocycles. The Labute approximate surface area is 123 Å². The molecule has 0 saturated heterocycles. The minimum atomic E-state index is -4.30. The smallest absolute Gasteiger partial charge is 0.262 e. The van der Waals surface area contributed by atoms with Crippen LogP contribution >= 0.6 is 11.6 Å². The zero-order valence-corrected chi connectivity index (χ0v) is 11.8. The Bertz CT molecular complexity index is 789. The maximum atomic E-state index is 13.6. The van der Waals surface area contributed by atoms with Crippen LogP contribution in [0.2, 0.25) is 5.02 Å². The molecular weight excluding hydrogens is 329 g/mol. The van der Waals surface area contributed by atoms with Gasteiger partial charge in [0.15, 0.2) is 5.82 Å². The van der Waals surface area contributed by atoms with Crippen LogP contribution in [0.5, 0.6) is 0 Å². The van der Waals surface area contributed by atoms with Crippen LogP contribution in [-0.4, -0.2) is 8.42 Å². The number of hydrogen-bond acceptors (Lipinski definition) is 3. The van der Waals surface area contributed by atoms with E-state index in [1.807, 2.05) is 4.72 Å². The molecule has 0 radical (unpaired) electrons. The van der Waals surface area contributed by atoms with Crippen molar-refractivity contribution in [3.63, 3.8) is 0 Å². The fraction of sp³-hybridized carbons (Fsp3) is 0. The van der Waals surface area contributed by atoms with Crippen molar-refractivity contribution >= 4 is 33.0 Å². The number of nitrogens with one attached hydrogen (secondary N) is 1. The van der Waals surface area contributed by atoms with Crippen LogP contribution in [0.1, 0.15) is 0 Å². The fourth-order valence-electron chi connectivity index (χ4n) is 1.51. The average Bonchev–Trinajstić information content (AvgIpc) is 2.37. The molecule has 112 valence electrons. The van der Waals surface area contributed by atoms with E-state index in [1.165, 1.54) is 0 Å². The number of nitrogen functional groups attached to an aromatic ring is 1. The van der Waals surface area contributed by atoms with E-state index in [0.29, 0.717) is 12.1 Å². The van der Waals surface area contributed by atoms with E-state index in [-0.39, 0.29) is 5.69 Å².